The minimum atomic E-state index is -4.73. The van der Waals surface area contributed by atoms with Crippen molar-refractivity contribution >= 4 is 27.5 Å². The van der Waals surface area contributed by atoms with E-state index in [1.807, 2.05) is 24.3 Å². The molecule has 1 fully saturated rings. The molecule has 0 saturated carbocycles. The summed E-state index contributed by atoms with van der Waals surface area (Å²) in [7, 11) is 1.50. The van der Waals surface area contributed by atoms with Gasteiger partial charge in [0.1, 0.15) is 11.3 Å². The van der Waals surface area contributed by atoms with Gasteiger partial charge in [-0.05, 0) is 48.9 Å². The molecule has 40 heavy (non-hydrogen) atoms. The predicted molar refractivity (Wildman–Crippen MR) is 146 cm³/mol. The number of benzene rings is 2. The summed E-state index contributed by atoms with van der Waals surface area (Å²) < 4.78 is 49.5. The van der Waals surface area contributed by atoms with E-state index < -0.39 is 17.8 Å². The Balaban J connectivity index is 1.45. The molecule has 0 radical (unpaired) electrons. The largest absolute Gasteiger partial charge is 0.497 e. The van der Waals surface area contributed by atoms with Gasteiger partial charge in [-0.15, -0.1) is 0 Å². The summed E-state index contributed by atoms with van der Waals surface area (Å²) in [6.45, 7) is 2.91. The number of carbonyl (C=O) groups is 1. The number of alkyl halides is 3. The van der Waals surface area contributed by atoms with Crippen LogP contribution in [0.4, 0.5) is 13.2 Å². The highest BCUT2D eigenvalue weighted by Gasteiger charge is 2.39. The molecule has 1 N–H and O–H groups in total. The van der Waals surface area contributed by atoms with E-state index in [4.69, 9.17) is 4.74 Å². The van der Waals surface area contributed by atoms with Crippen LogP contribution in [0.5, 0.6) is 5.75 Å². The van der Waals surface area contributed by atoms with Crippen molar-refractivity contribution in [3.63, 3.8) is 0 Å². The van der Waals surface area contributed by atoms with Gasteiger partial charge in [-0.2, -0.15) is 18.3 Å². The maximum Gasteiger partial charge on any atom is 0.433 e. The van der Waals surface area contributed by atoms with Crippen LogP contribution < -0.4 is 4.74 Å². The van der Waals surface area contributed by atoms with E-state index in [0.29, 0.717) is 42.0 Å². The van der Waals surface area contributed by atoms with Crippen molar-refractivity contribution < 1.29 is 27.8 Å². The SMILES string of the molecule is COc1ccc(-c2nc3c(C(=O)N4CCN([C@@H](CO)c5cccc(Br)c5)CC4)cnn3c(C(F)(F)F)c2C)cc1. The molecule has 1 aliphatic rings. The van der Waals surface area contributed by atoms with Gasteiger partial charge in [0.2, 0.25) is 0 Å². The van der Waals surface area contributed by atoms with Gasteiger partial charge < -0.3 is 14.7 Å². The summed E-state index contributed by atoms with van der Waals surface area (Å²) in [5, 5.41) is 14.0. The smallest absolute Gasteiger partial charge is 0.433 e. The summed E-state index contributed by atoms with van der Waals surface area (Å²) in [5.41, 5.74) is 0.293. The lowest BCUT2D eigenvalue weighted by Crippen LogP contribution is -2.50. The molecule has 1 saturated heterocycles. The number of aliphatic hydroxyl groups is 1. The van der Waals surface area contributed by atoms with Gasteiger partial charge in [0, 0.05) is 41.8 Å². The fraction of sp³-hybridized carbons (Fsp3) is 0.321. The maximum absolute atomic E-state index is 14.2. The van der Waals surface area contributed by atoms with Crippen LogP contribution in [0.15, 0.2) is 59.2 Å². The zero-order chi connectivity index (χ0) is 28.6. The van der Waals surface area contributed by atoms with Crippen molar-refractivity contribution in [3.8, 4) is 17.0 Å². The Kier molecular flexibility index (Phi) is 7.85. The van der Waals surface area contributed by atoms with Crippen molar-refractivity contribution in [2.45, 2.75) is 19.1 Å². The number of aromatic nitrogens is 3. The summed E-state index contributed by atoms with van der Waals surface area (Å²) in [5.74, 6) is 0.115. The highest BCUT2D eigenvalue weighted by molar-refractivity contribution is 9.10. The van der Waals surface area contributed by atoms with Gasteiger partial charge in [-0.1, -0.05) is 28.1 Å². The first-order valence-electron chi connectivity index (χ1n) is 12.6. The van der Waals surface area contributed by atoms with Crippen molar-refractivity contribution in [2.75, 3.05) is 39.9 Å². The number of fused-ring (bicyclic) bond motifs is 1. The van der Waals surface area contributed by atoms with E-state index in [1.54, 1.807) is 29.2 Å². The molecule has 3 heterocycles. The third kappa shape index (κ3) is 5.30. The molecule has 1 amide bonds. The normalized spacial score (nSPS) is 15.4. The van der Waals surface area contributed by atoms with Crippen molar-refractivity contribution in [3.05, 3.63) is 81.6 Å². The van der Waals surface area contributed by atoms with Gasteiger partial charge >= 0.3 is 6.18 Å². The van der Waals surface area contributed by atoms with Crippen molar-refractivity contribution in [2.24, 2.45) is 0 Å². The third-order valence-electron chi connectivity index (χ3n) is 7.19. The van der Waals surface area contributed by atoms with Crippen LogP contribution in [0.3, 0.4) is 0 Å². The molecule has 2 aromatic heterocycles. The van der Waals surface area contributed by atoms with Gasteiger partial charge in [0.15, 0.2) is 11.3 Å². The Labute approximate surface area is 237 Å². The molecule has 0 spiro atoms. The number of aliphatic hydroxyl groups excluding tert-OH is 1. The topological polar surface area (TPSA) is 83.2 Å². The molecule has 2 aromatic carbocycles. The Bertz CT molecular complexity index is 1530. The highest BCUT2D eigenvalue weighted by Crippen LogP contribution is 2.37. The van der Waals surface area contributed by atoms with Crippen molar-refractivity contribution in [1.29, 1.82) is 0 Å². The Morgan fingerprint density at radius 3 is 2.42 bits per heavy atom. The number of nitrogens with zero attached hydrogens (tertiary/aromatic N) is 5. The second-order valence-corrected chi connectivity index (χ2v) is 10.5. The summed E-state index contributed by atoms with van der Waals surface area (Å²) in [6.07, 6.45) is -3.57. The van der Waals surface area contributed by atoms with Crippen LogP contribution in [-0.4, -0.2) is 75.3 Å². The Morgan fingerprint density at radius 2 is 1.82 bits per heavy atom. The minimum absolute atomic E-state index is 0.000546. The molecule has 0 aliphatic carbocycles. The van der Waals surface area contributed by atoms with Gasteiger partial charge in [-0.3, -0.25) is 9.69 Å². The molecule has 4 aromatic rings. The van der Waals surface area contributed by atoms with Crippen LogP contribution in [0.25, 0.3) is 16.9 Å². The summed E-state index contributed by atoms with van der Waals surface area (Å²) in [6, 6.07) is 14.0. The lowest BCUT2D eigenvalue weighted by Gasteiger charge is -2.38. The van der Waals surface area contributed by atoms with E-state index in [0.717, 1.165) is 16.2 Å². The minimum Gasteiger partial charge on any atom is -0.497 e. The molecule has 8 nitrogen and oxygen atoms in total. The number of piperazine rings is 1. The van der Waals surface area contributed by atoms with Crippen LogP contribution in [0.1, 0.15) is 33.2 Å². The summed E-state index contributed by atoms with van der Waals surface area (Å²) >= 11 is 3.46. The van der Waals surface area contributed by atoms with Gasteiger partial charge in [0.05, 0.1) is 31.6 Å². The van der Waals surface area contributed by atoms with E-state index >= 15 is 0 Å². The van der Waals surface area contributed by atoms with Crippen LogP contribution in [-0.2, 0) is 6.18 Å². The van der Waals surface area contributed by atoms with Crippen LogP contribution >= 0.6 is 15.9 Å². The predicted octanol–water partition coefficient (Wildman–Crippen LogP) is 4.99. The maximum atomic E-state index is 14.2. The fourth-order valence-electron chi connectivity index (χ4n) is 5.14. The first kappa shape index (κ1) is 28.1. The number of carbonyl (C=O) groups excluding carboxylic acids is 1. The Hall–Kier alpha value is -3.48. The second kappa shape index (κ2) is 11.2. The second-order valence-electron chi connectivity index (χ2n) is 9.54. The zero-order valence-corrected chi connectivity index (χ0v) is 23.4. The van der Waals surface area contributed by atoms with E-state index in [2.05, 4.69) is 30.9 Å². The standard InChI is InChI=1S/C28H27BrF3N5O3/c1-17-24(18-6-8-21(40-2)9-7-18)34-26-22(15-33-37(26)25(17)28(30,31)32)27(39)36-12-10-35(11-13-36)23(16-38)19-4-3-5-20(29)14-19/h3-9,14-15,23,38H,10-13,16H2,1-2H3/t23-/m0/s1. The number of ether oxygens (including phenoxy) is 1. The van der Waals surface area contributed by atoms with E-state index in [-0.39, 0.29) is 35.1 Å². The van der Waals surface area contributed by atoms with Gasteiger partial charge in [0.25, 0.3) is 5.91 Å². The summed E-state index contributed by atoms with van der Waals surface area (Å²) in [4.78, 5) is 21.8. The van der Waals surface area contributed by atoms with E-state index in [9.17, 15) is 23.1 Å². The molecule has 12 heteroatoms. The lowest BCUT2D eigenvalue weighted by molar-refractivity contribution is -0.143. The highest BCUT2D eigenvalue weighted by atomic mass is 79.9. The number of hydrogen-bond acceptors (Lipinski definition) is 6. The molecular weight excluding hydrogens is 591 g/mol. The number of methoxy groups -OCH3 is 1. The quantitative estimate of drug-likeness (QED) is 0.328. The zero-order valence-electron chi connectivity index (χ0n) is 21.8. The molecule has 1 aliphatic heterocycles. The first-order chi connectivity index (χ1) is 19.1. The van der Waals surface area contributed by atoms with E-state index in [1.165, 1.54) is 14.0 Å². The molecule has 210 valence electrons. The number of rotatable bonds is 6. The van der Waals surface area contributed by atoms with Gasteiger partial charge in [-0.25, -0.2) is 9.50 Å². The average Bonchev–Trinajstić information content (AvgIpc) is 3.35. The fourth-order valence-corrected chi connectivity index (χ4v) is 5.56. The number of halogens is 4. The van der Waals surface area contributed by atoms with Crippen LogP contribution in [0, 0.1) is 6.92 Å². The number of amides is 1. The Morgan fingerprint density at radius 1 is 1.12 bits per heavy atom. The monoisotopic (exact) mass is 617 g/mol. The first-order valence-corrected chi connectivity index (χ1v) is 13.4. The molecule has 5 rings (SSSR count). The number of hydrogen-bond donors (Lipinski definition) is 1. The molecule has 0 unspecified atom stereocenters. The molecular formula is C28H27BrF3N5O3. The average molecular weight is 618 g/mol. The lowest BCUT2D eigenvalue weighted by atomic mass is 10.0. The molecule has 0 bridgehead atoms. The van der Waals surface area contributed by atoms with Crippen molar-refractivity contribution in [1.82, 2.24) is 24.4 Å². The van der Waals surface area contributed by atoms with Crippen LogP contribution in [0.2, 0.25) is 0 Å². The third-order valence-corrected chi connectivity index (χ3v) is 7.69. The molecule has 1 atom stereocenters.